The Morgan fingerprint density at radius 2 is 1.39 bits per heavy atom. The van der Waals surface area contributed by atoms with Crippen LogP contribution < -0.4 is 13.4 Å². The third-order valence-corrected chi connectivity index (χ3v) is 15.2. The number of pyridine rings is 1. The van der Waals surface area contributed by atoms with Gasteiger partial charge in [-0.25, -0.2) is 0 Å². The van der Waals surface area contributed by atoms with E-state index in [4.69, 9.17) is 4.42 Å². The molecule has 0 bridgehead atoms. The predicted molar refractivity (Wildman–Crippen MR) is 158 cm³/mol. The second-order valence-corrected chi connectivity index (χ2v) is 19.6. The summed E-state index contributed by atoms with van der Waals surface area (Å²) in [6, 6.07) is 36.5. The van der Waals surface area contributed by atoms with Crippen LogP contribution in [0.4, 0.5) is 0 Å². The van der Waals surface area contributed by atoms with Crippen molar-refractivity contribution in [2.75, 3.05) is 0 Å². The molecule has 0 N–H and O–H groups in total. The van der Waals surface area contributed by atoms with Gasteiger partial charge in [-0.1, -0.05) is 0 Å². The molecule has 4 heteroatoms. The van der Waals surface area contributed by atoms with Crippen LogP contribution in [0.2, 0.25) is 11.5 Å². The minimum absolute atomic E-state index is 0.720. The summed E-state index contributed by atoms with van der Waals surface area (Å²) in [7, 11) is 2.06. The summed E-state index contributed by atoms with van der Waals surface area (Å²) < 4.78 is 11.4. The van der Waals surface area contributed by atoms with Crippen molar-refractivity contribution in [1.82, 2.24) is 0 Å². The van der Waals surface area contributed by atoms with Gasteiger partial charge in [0.2, 0.25) is 0 Å². The number of rotatable bonds is 4. The summed E-state index contributed by atoms with van der Waals surface area (Å²) in [5.41, 5.74) is 8.24. The molecule has 0 fully saturated rings. The fourth-order valence-corrected chi connectivity index (χ4v) is 11.7. The Morgan fingerprint density at radius 1 is 0.737 bits per heavy atom. The second-order valence-electron chi connectivity index (χ2n) is 10.5. The van der Waals surface area contributed by atoms with Crippen molar-refractivity contribution in [1.29, 1.82) is 5.26 Å². The number of fused-ring (bicyclic) bond motifs is 3. The van der Waals surface area contributed by atoms with Crippen molar-refractivity contribution >= 4 is 44.0 Å². The van der Waals surface area contributed by atoms with E-state index in [1.807, 2.05) is 18.2 Å². The number of nitriles is 1. The van der Waals surface area contributed by atoms with E-state index in [0.29, 0.717) is 0 Å². The van der Waals surface area contributed by atoms with E-state index in [1.54, 1.807) is 0 Å². The van der Waals surface area contributed by atoms with E-state index in [1.165, 1.54) is 15.5 Å². The number of furan rings is 1. The molecule has 184 valence electrons. The Balaban J connectivity index is 1.58. The molecule has 38 heavy (non-hydrogen) atoms. The zero-order valence-electron chi connectivity index (χ0n) is 22.1. The summed E-state index contributed by atoms with van der Waals surface area (Å²) in [5.74, 6) is 4.73. The minimum atomic E-state index is -2.96. The Hall–Kier alpha value is -4.14. The van der Waals surface area contributed by atoms with Gasteiger partial charge in [0.15, 0.2) is 0 Å². The molecule has 3 nitrogen and oxygen atoms in total. The van der Waals surface area contributed by atoms with Crippen molar-refractivity contribution in [2.45, 2.75) is 18.4 Å². The summed E-state index contributed by atoms with van der Waals surface area (Å²) >= 11 is -2.96. The van der Waals surface area contributed by atoms with Crippen LogP contribution in [-0.2, 0) is 7.05 Å². The molecule has 0 saturated heterocycles. The first-order valence-corrected chi connectivity index (χ1v) is 19.2. The molecule has 0 aliphatic rings. The normalized spacial score (nSPS) is 11.7. The van der Waals surface area contributed by atoms with Crippen molar-refractivity contribution < 1.29 is 8.98 Å². The second kappa shape index (κ2) is 9.31. The molecule has 2 aromatic heterocycles. The van der Waals surface area contributed by atoms with Gasteiger partial charge in [0, 0.05) is 0 Å². The molecule has 0 saturated carbocycles. The Kier molecular flexibility index (Phi) is 5.93. The van der Waals surface area contributed by atoms with E-state index in [9.17, 15) is 5.26 Å². The van der Waals surface area contributed by atoms with Gasteiger partial charge in [0.25, 0.3) is 0 Å². The Bertz CT molecular complexity index is 1860. The Morgan fingerprint density at radius 3 is 2.11 bits per heavy atom. The number of hydrogen-bond acceptors (Lipinski definition) is 2. The van der Waals surface area contributed by atoms with Gasteiger partial charge in [0.1, 0.15) is 0 Å². The monoisotopic (exact) mass is 555 g/mol. The third kappa shape index (κ3) is 3.84. The molecule has 0 radical (unpaired) electrons. The molecule has 0 atom stereocenters. The predicted octanol–water partition coefficient (Wildman–Crippen LogP) is 6.75. The first-order chi connectivity index (χ1) is 18.4. The molecule has 0 amide bonds. The molecule has 2 heterocycles. The van der Waals surface area contributed by atoms with Gasteiger partial charge < -0.3 is 0 Å². The van der Waals surface area contributed by atoms with Gasteiger partial charge >= 0.3 is 227 Å². The van der Waals surface area contributed by atoms with E-state index in [-0.39, 0.29) is 0 Å². The average molecular weight is 554 g/mol. The average Bonchev–Trinajstić information content (AvgIpc) is 3.32. The number of aryl methyl sites for hydroxylation is 2. The standard InChI is InChI=1S/C34H29GeN2O/c1-23-13-19-28-29-20-16-26(22-36)32(34(29)38-33(28)31(23)30-12-8-9-21-37(30)4)35(2,3)27-17-14-25(15-18-27)24-10-6-5-7-11-24/h5-21H,1-4H3/q+1. The zero-order chi connectivity index (χ0) is 26.4. The SMILES string of the molecule is Cc1ccc2c(oc3[c]([Ge]([CH3])([CH3])[c]4ccc(-c5ccccc5)cc4)c(C#N)ccc32)c1-c1cccc[n+]1C. The first kappa shape index (κ1) is 24.2. The van der Waals surface area contributed by atoms with Crippen LogP contribution in [0.3, 0.4) is 0 Å². The van der Waals surface area contributed by atoms with Crippen LogP contribution in [0.25, 0.3) is 44.3 Å². The molecule has 0 aliphatic heterocycles. The van der Waals surface area contributed by atoms with E-state index in [0.717, 1.165) is 48.7 Å². The Labute approximate surface area is 226 Å². The fraction of sp³-hybridized carbons (Fsp3) is 0.118. The van der Waals surface area contributed by atoms with Crippen molar-refractivity contribution in [3.63, 3.8) is 0 Å². The van der Waals surface area contributed by atoms with Gasteiger partial charge in [-0.05, 0) is 0 Å². The first-order valence-electron chi connectivity index (χ1n) is 12.9. The van der Waals surface area contributed by atoms with Gasteiger partial charge in [-0.15, -0.1) is 0 Å². The zero-order valence-corrected chi connectivity index (χ0v) is 24.2. The number of hydrogen-bond donors (Lipinski definition) is 0. The molecule has 6 rings (SSSR count). The van der Waals surface area contributed by atoms with Crippen LogP contribution in [-0.4, -0.2) is 13.3 Å². The van der Waals surface area contributed by atoms with E-state index in [2.05, 4.69) is 121 Å². The van der Waals surface area contributed by atoms with Crippen molar-refractivity contribution in [2.24, 2.45) is 7.05 Å². The van der Waals surface area contributed by atoms with Crippen LogP contribution in [0, 0.1) is 18.3 Å². The fourth-order valence-electron chi connectivity index (χ4n) is 5.67. The summed E-state index contributed by atoms with van der Waals surface area (Å²) in [6.07, 6.45) is 2.06. The number of nitrogens with zero attached hydrogens (tertiary/aromatic N) is 2. The van der Waals surface area contributed by atoms with Crippen LogP contribution >= 0.6 is 0 Å². The molecule has 0 spiro atoms. The van der Waals surface area contributed by atoms with E-state index < -0.39 is 13.3 Å². The van der Waals surface area contributed by atoms with Gasteiger partial charge in [-0.3, -0.25) is 0 Å². The molecular weight excluding hydrogens is 525 g/mol. The van der Waals surface area contributed by atoms with Crippen LogP contribution in [0.5, 0.6) is 0 Å². The maximum atomic E-state index is 10.2. The quantitative estimate of drug-likeness (QED) is 0.179. The summed E-state index contributed by atoms with van der Waals surface area (Å²) in [6.45, 7) is 2.13. The van der Waals surface area contributed by atoms with Gasteiger partial charge in [0.05, 0.1) is 0 Å². The summed E-state index contributed by atoms with van der Waals surface area (Å²) in [5, 5.41) is 12.4. The molecule has 6 aromatic rings. The molecule has 4 aromatic carbocycles. The third-order valence-electron chi connectivity index (χ3n) is 7.79. The molecule has 0 aliphatic carbocycles. The van der Waals surface area contributed by atoms with Gasteiger partial charge in [-0.2, -0.15) is 0 Å². The van der Waals surface area contributed by atoms with Crippen LogP contribution in [0.15, 0.2) is 108 Å². The van der Waals surface area contributed by atoms with E-state index >= 15 is 0 Å². The number of benzene rings is 4. The van der Waals surface area contributed by atoms with Crippen molar-refractivity contribution in [3.8, 4) is 28.5 Å². The molecule has 0 unspecified atom stereocenters. The summed E-state index contributed by atoms with van der Waals surface area (Å²) in [4.78, 5) is 0. The van der Waals surface area contributed by atoms with Crippen LogP contribution in [0.1, 0.15) is 11.1 Å². The van der Waals surface area contributed by atoms with Crippen molar-refractivity contribution in [3.05, 3.63) is 114 Å². The topological polar surface area (TPSA) is 40.8 Å². The maximum absolute atomic E-state index is 10.2. The molecular formula is C34H29GeN2O+. The number of aromatic nitrogens is 1.